The number of benzene rings is 2. The lowest BCUT2D eigenvalue weighted by Gasteiger charge is -2.21. The van der Waals surface area contributed by atoms with Crippen LogP contribution < -0.4 is 5.73 Å². The summed E-state index contributed by atoms with van der Waals surface area (Å²) in [5.41, 5.74) is 7.02. The third-order valence-electron chi connectivity index (χ3n) is 5.60. The van der Waals surface area contributed by atoms with Gasteiger partial charge in [0.1, 0.15) is 9.84 Å². The van der Waals surface area contributed by atoms with Crippen molar-refractivity contribution in [3.8, 4) is 11.1 Å². The fraction of sp³-hybridized carbons (Fsp3) is 0.286. The number of rotatable bonds is 3. The molecule has 3 N–H and O–H groups in total. The zero-order valence-corrected chi connectivity index (χ0v) is 16.6. The van der Waals surface area contributed by atoms with Gasteiger partial charge in [0.2, 0.25) is 0 Å². The Labute approximate surface area is 171 Å². The molecule has 0 atom stereocenters. The summed E-state index contributed by atoms with van der Waals surface area (Å²) in [6.07, 6.45) is -1.85. The molecule has 30 heavy (non-hydrogen) atoms. The Bertz CT molecular complexity index is 1230. The summed E-state index contributed by atoms with van der Waals surface area (Å²) in [7, 11) is -3.04. The number of nitrogens with two attached hydrogens (primary N) is 1. The minimum Gasteiger partial charge on any atom is -0.366 e. The number of hydrogen-bond donors (Lipinski definition) is 2. The molecule has 4 rings (SSSR count). The molecule has 1 aliphatic rings. The van der Waals surface area contributed by atoms with Gasteiger partial charge in [-0.05, 0) is 59.7 Å². The highest BCUT2D eigenvalue weighted by atomic mass is 32.2. The van der Waals surface area contributed by atoms with Gasteiger partial charge in [0.25, 0.3) is 5.91 Å². The molecular formula is C21H19F3N2O3S. The van der Waals surface area contributed by atoms with Gasteiger partial charge < -0.3 is 10.7 Å². The Morgan fingerprint density at radius 3 is 2.40 bits per heavy atom. The second-order valence-electron chi connectivity index (χ2n) is 7.56. The van der Waals surface area contributed by atoms with E-state index in [0.717, 1.165) is 17.7 Å². The minimum atomic E-state index is -4.49. The number of amides is 1. The molecule has 3 aromatic rings. The van der Waals surface area contributed by atoms with E-state index in [1.807, 2.05) is 0 Å². The molecule has 0 bridgehead atoms. The summed E-state index contributed by atoms with van der Waals surface area (Å²) in [5, 5.41) is 0.669. The van der Waals surface area contributed by atoms with E-state index in [4.69, 9.17) is 5.73 Å². The van der Waals surface area contributed by atoms with Crippen LogP contribution in [-0.2, 0) is 16.0 Å². The molecule has 0 radical (unpaired) electrons. The van der Waals surface area contributed by atoms with Crippen molar-refractivity contribution < 1.29 is 26.4 Å². The zero-order valence-electron chi connectivity index (χ0n) is 15.8. The number of H-pyrrole nitrogens is 1. The lowest BCUT2D eigenvalue weighted by molar-refractivity contribution is -0.137. The average molecular weight is 436 g/mol. The molecular weight excluding hydrogens is 417 g/mol. The SMILES string of the molecule is NC(=O)c1cc(-c2cccc(C(F)(F)F)c2)cc2c(C3CCS(=O)(=O)CC3)c[nH]c12. The van der Waals surface area contributed by atoms with Gasteiger partial charge in [-0.25, -0.2) is 8.42 Å². The van der Waals surface area contributed by atoms with Gasteiger partial charge in [0, 0.05) is 11.6 Å². The number of halogens is 3. The van der Waals surface area contributed by atoms with Gasteiger partial charge in [0.05, 0.1) is 28.1 Å². The smallest absolute Gasteiger partial charge is 0.366 e. The Morgan fingerprint density at radius 1 is 1.07 bits per heavy atom. The van der Waals surface area contributed by atoms with Crippen LogP contribution in [0.1, 0.15) is 40.2 Å². The summed E-state index contributed by atoms with van der Waals surface area (Å²) in [4.78, 5) is 15.1. The number of fused-ring (bicyclic) bond motifs is 1. The Balaban J connectivity index is 1.85. The largest absolute Gasteiger partial charge is 0.416 e. The van der Waals surface area contributed by atoms with Crippen LogP contribution in [0.25, 0.3) is 22.0 Å². The summed E-state index contributed by atoms with van der Waals surface area (Å²) in [6.45, 7) is 0. The fourth-order valence-corrected chi connectivity index (χ4v) is 5.52. The minimum absolute atomic E-state index is 0.0280. The average Bonchev–Trinajstić information content (AvgIpc) is 3.10. The van der Waals surface area contributed by atoms with E-state index in [1.54, 1.807) is 18.3 Å². The molecule has 0 unspecified atom stereocenters. The van der Waals surface area contributed by atoms with Gasteiger partial charge in [-0.2, -0.15) is 13.2 Å². The van der Waals surface area contributed by atoms with Crippen molar-refractivity contribution in [3.05, 3.63) is 59.3 Å². The number of alkyl halides is 3. The number of sulfone groups is 1. The molecule has 1 amide bonds. The van der Waals surface area contributed by atoms with Crippen LogP contribution in [0.3, 0.4) is 0 Å². The molecule has 0 saturated carbocycles. The van der Waals surface area contributed by atoms with Crippen molar-refractivity contribution in [2.75, 3.05) is 11.5 Å². The molecule has 2 aromatic carbocycles. The van der Waals surface area contributed by atoms with Crippen LogP contribution in [0.15, 0.2) is 42.6 Å². The van der Waals surface area contributed by atoms with Crippen LogP contribution in [0, 0.1) is 0 Å². The molecule has 5 nitrogen and oxygen atoms in total. The van der Waals surface area contributed by atoms with Crippen molar-refractivity contribution >= 4 is 26.6 Å². The lowest BCUT2D eigenvalue weighted by atomic mass is 9.90. The van der Waals surface area contributed by atoms with Gasteiger partial charge in [-0.15, -0.1) is 0 Å². The van der Waals surface area contributed by atoms with E-state index < -0.39 is 27.5 Å². The normalized spacial score (nSPS) is 17.3. The first-order chi connectivity index (χ1) is 14.0. The number of carbonyl (C=O) groups excluding carboxylic acids is 1. The number of aromatic amines is 1. The monoisotopic (exact) mass is 436 g/mol. The third kappa shape index (κ3) is 3.81. The molecule has 0 aliphatic carbocycles. The van der Waals surface area contributed by atoms with Gasteiger partial charge >= 0.3 is 6.18 Å². The van der Waals surface area contributed by atoms with E-state index in [2.05, 4.69) is 4.98 Å². The molecule has 1 aliphatic heterocycles. The zero-order chi connectivity index (χ0) is 21.7. The maximum absolute atomic E-state index is 13.1. The Hall–Kier alpha value is -2.81. The maximum Gasteiger partial charge on any atom is 0.416 e. The molecule has 9 heteroatoms. The van der Waals surface area contributed by atoms with Gasteiger partial charge in [-0.3, -0.25) is 4.79 Å². The van der Waals surface area contributed by atoms with Crippen LogP contribution in [0.4, 0.5) is 13.2 Å². The van der Waals surface area contributed by atoms with Crippen LogP contribution in [0.5, 0.6) is 0 Å². The molecule has 158 valence electrons. The first kappa shape index (κ1) is 20.5. The summed E-state index contributed by atoms with van der Waals surface area (Å²) in [5.74, 6) is -0.561. The highest BCUT2D eigenvalue weighted by molar-refractivity contribution is 7.91. The van der Waals surface area contributed by atoms with E-state index in [1.165, 1.54) is 12.1 Å². The predicted molar refractivity (Wildman–Crippen MR) is 108 cm³/mol. The maximum atomic E-state index is 13.1. The van der Waals surface area contributed by atoms with Crippen molar-refractivity contribution in [3.63, 3.8) is 0 Å². The highest BCUT2D eigenvalue weighted by Crippen LogP contribution is 2.38. The van der Waals surface area contributed by atoms with Crippen molar-refractivity contribution in [1.82, 2.24) is 4.98 Å². The third-order valence-corrected chi connectivity index (χ3v) is 7.32. The Kier molecular flexibility index (Phi) is 4.88. The van der Waals surface area contributed by atoms with E-state index in [9.17, 15) is 26.4 Å². The number of carbonyl (C=O) groups is 1. The van der Waals surface area contributed by atoms with Gasteiger partial charge in [-0.1, -0.05) is 12.1 Å². The first-order valence-electron chi connectivity index (χ1n) is 9.38. The van der Waals surface area contributed by atoms with Crippen LogP contribution in [0.2, 0.25) is 0 Å². The number of nitrogens with one attached hydrogen (secondary N) is 1. The quantitative estimate of drug-likeness (QED) is 0.643. The number of primary amides is 1. The highest BCUT2D eigenvalue weighted by Gasteiger charge is 2.31. The van der Waals surface area contributed by atoms with Crippen LogP contribution in [-0.4, -0.2) is 30.8 Å². The van der Waals surface area contributed by atoms with E-state index >= 15 is 0 Å². The van der Waals surface area contributed by atoms with Crippen molar-refractivity contribution in [2.45, 2.75) is 24.9 Å². The standard InChI is InChI=1S/C21H19F3N2O3S/c22-21(23,24)15-3-1-2-13(8-15)14-9-16-18(12-4-6-30(28,29)7-5-12)11-26-19(16)17(10-14)20(25)27/h1-3,8-12,26H,4-7H2,(H2,25,27). The summed E-state index contributed by atoms with van der Waals surface area (Å²) in [6, 6.07) is 8.08. The van der Waals surface area contributed by atoms with Crippen molar-refractivity contribution in [2.24, 2.45) is 5.73 Å². The summed E-state index contributed by atoms with van der Waals surface area (Å²) >= 11 is 0. The molecule has 0 spiro atoms. The van der Waals surface area contributed by atoms with Crippen molar-refractivity contribution in [1.29, 1.82) is 0 Å². The van der Waals surface area contributed by atoms with Gasteiger partial charge in [0.15, 0.2) is 0 Å². The number of aromatic nitrogens is 1. The molecule has 2 heterocycles. The Morgan fingerprint density at radius 2 is 1.77 bits per heavy atom. The van der Waals surface area contributed by atoms with E-state index in [0.29, 0.717) is 34.9 Å². The molecule has 1 aromatic heterocycles. The molecule has 1 saturated heterocycles. The molecule has 1 fully saturated rings. The predicted octanol–water partition coefficient (Wildman–Crippen LogP) is 4.24. The number of hydrogen-bond acceptors (Lipinski definition) is 3. The van der Waals surface area contributed by atoms with E-state index in [-0.39, 0.29) is 23.0 Å². The fourth-order valence-electron chi connectivity index (χ4n) is 4.03. The lowest BCUT2D eigenvalue weighted by Crippen LogP contribution is -2.22. The second-order valence-corrected chi connectivity index (χ2v) is 9.86. The second kappa shape index (κ2) is 7.16. The first-order valence-corrected chi connectivity index (χ1v) is 11.2. The topological polar surface area (TPSA) is 93.0 Å². The summed E-state index contributed by atoms with van der Waals surface area (Å²) < 4.78 is 62.9. The van der Waals surface area contributed by atoms with Crippen LogP contribution >= 0.6 is 0 Å².